The minimum absolute atomic E-state index is 0.0165. The molecule has 0 fully saturated rings. The molecule has 0 bridgehead atoms. The van der Waals surface area contributed by atoms with Gasteiger partial charge in [0.25, 0.3) is 11.5 Å². The average molecular weight is 463 g/mol. The van der Waals surface area contributed by atoms with Gasteiger partial charge < -0.3 is 24.3 Å². The lowest BCUT2D eigenvalue weighted by atomic mass is 10.1. The van der Waals surface area contributed by atoms with Crippen molar-refractivity contribution in [1.29, 1.82) is 0 Å². The average Bonchev–Trinajstić information content (AvgIpc) is 3.14. The van der Waals surface area contributed by atoms with Gasteiger partial charge in [0.05, 0.1) is 43.6 Å². The summed E-state index contributed by atoms with van der Waals surface area (Å²) in [5.41, 5.74) is 3.31. The van der Waals surface area contributed by atoms with Gasteiger partial charge in [0.2, 0.25) is 0 Å². The van der Waals surface area contributed by atoms with Crippen LogP contribution in [0.1, 0.15) is 46.0 Å². The molecule has 34 heavy (non-hydrogen) atoms. The number of fused-ring (bicyclic) bond motifs is 1. The van der Waals surface area contributed by atoms with Crippen molar-refractivity contribution in [3.63, 3.8) is 0 Å². The Bertz CT molecular complexity index is 1420. The van der Waals surface area contributed by atoms with E-state index in [0.29, 0.717) is 33.6 Å². The maximum absolute atomic E-state index is 13.4. The molecule has 0 aliphatic carbocycles. The lowest BCUT2D eigenvalue weighted by molar-refractivity contribution is 0.0951. The first-order chi connectivity index (χ1) is 16.3. The fourth-order valence-electron chi connectivity index (χ4n) is 4.13. The number of aryl methyl sites for hydroxylation is 1. The van der Waals surface area contributed by atoms with Crippen molar-refractivity contribution in [3.05, 3.63) is 75.2 Å². The third-order valence-electron chi connectivity index (χ3n) is 5.76. The molecule has 2 N–H and O–H groups in total. The number of carbonyl (C=O) groups excluding carboxylic acids is 1. The summed E-state index contributed by atoms with van der Waals surface area (Å²) < 4.78 is 12.5. The van der Waals surface area contributed by atoms with Crippen molar-refractivity contribution in [2.24, 2.45) is 0 Å². The monoisotopic (exact) mass is 462 g/mol. The van der Waals surface area contributed by atoms with Crippen LogP contribution in [0.15, 0.2) is 41.5 Å². The Hall–Kier alpha value is -4.21. The number of rotatable bonds is 7. The highest BCUT2D eigenvalue weighted by molar-refractivity contribution is 6.07. The number of aromatic nitrogens is 5. The molecular weight excluding hydrogens is 436 g/mol. The van der Waals surface area contributed by atoms with Crippen LogP contribution in [0.4, 0.5) is 0 Å². The van der Waals surface area contributed by atoms with Crippen LogP contribution >= 0.6 is 0 Å². The molecule has 4 rings (SSSR count). The van der Waals surface area contributed by atoms with E-state index in [1.807, 2.05) is 24.5 Å². The number of carbonyl (C=O) groups is 1. The van der Waals surface area contributed by atoms with E-state index in [-0.39, 0.29) is 30.1 Å². The van der Waals surface area contributed by atoms with Gasteiger partial charge >= 0.3 is 6.01 Å². The highest BCUT2D eigenvalue weighted by Crippen LogP contribution is 2.30. The van der Waals surface area contributed by atoms with Crippen LogP contribution in [-0.4, -0.2) is 44.6 Å². The molecule has 0 aliphatic rings. The van der Waals surface area contributed by atoms with Crippen molar-refractivity contribution in [1.82, 2.24) is 29.8 Å². The normalized spacial score (nSPS) is 11.9. The van der Waals surface area contributed by atoms with Gasteiger partial charge in [-0.05, 0) is 45.0 Å². The first-order valence-electron chi connectivity index (χ1n) is 10.7. The summed E-state index contributed by atoms with van der Waals surface area (Å²) in [6, 6.07) is 7.19. The topological polar surface area (TPSA) is 124 Å². The van der Waals surface area contributed by atoms with Crippen molar-refractivity contribution in [2.75, 3.05) is 14.2 Å². The molecule has 0 aromatic carbocycles. The van der Waals surface area contributed by atoms with E-state index in [9.17, 15) is 9.59 Å². The van der Waals surface area contributed by atoms with Gasteiger partial charge in [0.15, 0.2) is 0 Å². The molecule has 1 unspecified atom stereocenters. The molecule has 176 valence electrons. The van der Waals surface area contributed by atoms with E-state index in [2.05, 4.69) is 25.3 Å². The fraction of sp³-hybridized carbons (Fsp3) is 0.292. The van der Waals surface area contributed by atoms with Crippen LogP contribution in [0.2, 0.25) is 0 Å². The van der Waals surface area contributed by atoms with Crippen LogP contribution < -0.4 is 20.3 Å². The molecular formula is C24H26N6O4. The van der Waals surface area contributed by atoms with Gasteiger partial charge in [-0.2, -0.15) is 4.98 Å². The number of hydrogen-bond acceptors (Lipinski definition) is 7. The van der Waals surface area contributed by atoms with Gasteiger partial charge in [-0.25, -0.2) is 9.97 Å². The predicted molar refractivity (Wildman–Crippen MR) is 126 cm³/mol. The summed E-state index contributed by atoms with van der Waals surface area (Å²) in [7, 11) is 3.00. The van der Waals surface area contributed by atoms with Crippen molar-refractivity contribution < 1.29 is 14.3 Å². The highest BCUT2D eigenvalue weighted by atomic mass is 16.5. The zero-order valence-electron chi connectivity index (χ0n) is 19.7. The maximum atomic E-state index is 13.4. The molecule has 4 aromatic rings. The quantitative estimate of drug-likeness (QED) is 0.433. The zero-order valence-corrected chi connectivity index (χ0v) is 19.7. The first-order valence-corrected chi connectivity index (χ1v) is 10.7. The second kappa shape index (κ2) is 9.34. The summed E-state index contributed by atoms with van der Waals surface area (Å²) in [5.74, 6) is 0.109. The van der Waals surface area contributed by atoms with Gasteiger partial charge in [-0.3, -0.25) is 9.59 Å². The summed E-state index contributed by atoms with van der Waals surface area (Å²) in [6.45, 7) is 5.63. The smallest absolute Gasteiger partial charge is 0.316 e. The minimum atomic E-state index is -0.316. The van der Waals surface area contributed by atoms with Gasteiger partial charge in [-0.1, -0.05) is 0 Å². The second-order valence-electron chi connectivity index (χ2n) is 7.86. The molecule has 0 aliphatic heterocycles. The van der Waals surface area contributed by atoms with Gasteiger partial charge in [0.1, 0.15) is 11.4 Å². The third kappa shape index (κ3) is 4.09. The van der Waals surface area contributed by atoms with Crippen LogP contribution in [0.3, 0.4) is 0 Å². The van der Waals surface area contributed by atoms with E-state index >= 15 is 0 Å². The molecule has 10 heteroatoms. The molecule has 0 saturated carbocycles. The van der Waals surface area contributed by atoms with Crippen LogP contribution in [0.25, 0.3) is 11.0 Å². The Balaban J connectivity index is 1.72. The van der Waals surface area contributed by atoms with E-state index in [1.165, 1.54) is 14.2 Å². The molecule has 0 spiro atoms. The lowest BCUT2D eigenvalue weighted by Crippen LogP contribution is -2.28. The summed E-state index contributed by atoms with van der Waals surface area (Å²) >= 11 is 0. The number of methoxy groups -OCH3 is 2. The predicted octanol–water partition coefficient (Wildman–Crippen LogP) is 2.69. The highest BCUT2D eigenvalue weighted by Gasteiger charge is 2.25. The van der Waals surface area contributed by atoms with Gasteiger partial charge in [-0.15, -0.1) is 0 Å². The standard InChI is InChI=1S/C24H26N6O4/c1-13-11-19(33-4)17(22(31)28-13)12-27-23(32)20-15(3)30(21-16(20)7-6-9-25-21)14(2)18-8-10-26-24(29-18)34-5/h6-11,14H,12H2,1-5H3,(H,27,32)(H,28,31). The van der Waals surface area contributed by atoms with Gasteiger partial charge in [0, 0.05) is 29.2 Å². The number of nitrogens with one attached hydrogen (secondary N) is 2. The number of pyridine rings is 2. The number of aromatic amines is 1. The molecule has 4 aromatic heterocycles. The fourth-order valence-corrected chi connectivity index (χ4v) is 4.13. The molecule has 4 heterocycles. The van der Waals surface area contributed by atoms with Crippen molar-refractivity contribution in [3.8, 4) is 11.8 Å². The number of amides is 1. The Morgan fingerprint density at radius 2 is 1.97 bits per heavy atom. The Morgan fingerprint density at radius 3 is 2.71 bits per heavy atom. The zero-order chi connectivity index (χ0) is 24.4. The van der Waals surface area contributed by atoms with Crippen LogP contribution in [-0.2, 0) is 6.54 Å². The SMILES string of the molecule is COc1nccc(C(C)n2c(C)c(C(=O)NCc3c(OC)cc(C)[nH]c3=O)c3cccnc32)n1. The Kier molecular flexibility index (Phi) is 6.31. The number of ether oxygens (including phenoxy) is 2. The number of nitrogens with zero attached hydrogens (tertiary/aromatic N) is 4. The van der Waals surface area contributed by atoms with E-state index in [0.717, 1.165) is 11.4 Å². The Morgan fingerprint density at radius 1 is 1.18 bits per heavy atom. The van der Waals surface area contributed by atoms with E-state index in [4.69, 9.17) is 9.47 Å². The molecule has 0 saturated heterocycles. The van der Waals surface area contributed by atoms with Crippen molar-refractivity contribution >= 4 is 16.9 Å². The molecule has 1 amide bonds. The summed E-state index contributed by atoms with van der Waals surface area (Å²) in [4.78, 5) is 41.6. The summed E-state index contributed by atoms with van der Waals surface area (Å²) in [5, 5.41) is 3.57. The molecule has 10 nitrogen and oxygen atoms in total. The second-order valence-corrected chi connectivity index (χ2v) is 7.86. The lowest BCUT2D eigenvalue weighted by Gasteiger charge is -2.17. The number of hydrogen-bond donors (Lipinski definition) is 2. The maximum Gasteiger partial charge on any atom is 0.316 e. The summed E-state index contributed by atoms with van der Waals surface area (Å²) in [6.07, 6.45) is 3.32. The van der Waals surface area contributed by atoms with E-state index in [1.54, 1.807) is 37.5 Å². The molecule has 1 atom stereocenters. The first kappa shape index (κ1) is 23.0. The number of H-pyrrole nitrogens is 1. The van der Waals surface area contributed by atoms with Crippen LogP contribution in [0, 0.1) is 13.8 Å². The minimum Gasteiger partial charge on any atom is -0.496 e. The van der Waals surface area contributed by atoms with Crippen LogP contribution in [0.5, 0.6) is 11.8 Å². The largest absolute Gasteiger partial charge is 0.496 e. The van der Waals surface area contributed by atoms with Crippen molar-refractivity contribution in [2.45, 2.75) is 33.4 Å². The third-order valence-corrected chi connectivity index (χ3v) is 5.76. The Labute approximate surface area is 196 Å². The molecule has 0 radical (unpaired) electrons. The van der Waals surface area contributed by atoms with E-state index < -0.39 is 0 Å².